The summed E-state index contributed by atoms with van der Waals surface area (Å²) in [5.74, 6) is -0.0401. The van der Waals surface area contributed by atoms with E-state index in [0.717, 1.165) is 24.2 Å². The maximum absolute atomic E-state index is 12.3. The van der Waals surface area contributed by atoms with Crippen molar-refractivity contribution in [3.05, 3.63) is 43.1 Å². The molecule has 8 heteroatoms. The number of hydrogen-bond acceptors (Lipinski definition) is 8. The van der Waals surface area contributed by atoms with Gasteiger partial charge in [0.1, 0.15) is 18.1 Å². The predicted molar refractivity (Wildman–Crippen MR) is 114 cm³/mol. The molecular formula is C22H25N5O3. The van der Waals surface area contributed by atoms with E-state index in [1.807, 2.05) is 37.1 Å². The van der Waals surface area contributed by atoms with Gasteiger partial charge in [0.05, 0.1) is 24.0 Å². The Hall–Kier alpha value is -3.26. The Morgan fingerprint density at radius 1 is 1.30 bits per heavy atom. The smallest absolute Gasteiger partial charge is 0.323 e. The first kappa shape index (κ1) is 20.0. The van der Waals surface area contributed by atoms with Crippen molar-refractivity contribution in [2.75, 3.05) is 25.5 Å². The van der Waals surface area contributed by atoms with Gasteiger partial charge in [-0.25, -0.2) is 9.97 Å². The van der Waals surface area contributed by atoms with E-state index in [9.17, 15) is 9.90 Å². The highest BCUT2D eigenvalue weighted by atomic mass is 16.5. The summed E-state index contributed by atoms with van der Waals surface area (Å²) >= 11 is 0. The molecule has 0 unspecified atom stereocenters. The van der Waals surface area contributed by atoms with E-state index in [0.29, 0.717) is 29.5 Å². The van der Waals surface area contributed by atoms with Crippen molar-refractivity contribution in [3.63, 3.8) is 0 Å². The average molecular weight is 407 g/mol. The third kappa shape index (κ3) is 4.04. The second kappa shape index (κ2) is 8.62. The number of likely N-dealkylation sites (tertiary alicyclic amines) is 1. The average Bonchev–Trinajstić information content (AvgIpc) is 2.76. The molecule has 0 spiro atoms. The first-order chi connectivity index (χ1) is 14.6. The quantitative estimate of drug-likeness (QED) is 0.623. The number of esters is 1. The Morgan fingerprint density at radius 3 is 2.87 bits per heavy atom. The number of likely N-dealkylation sites (N-methyl/N-ethyl adjacent to an activating group) is 1. The predicted octanol–water partition coefficient (Wildman–Crippen LogP) is 2.84. The number of aromatic nitrogens is 3. The lowest BCUT2D eigenvalue weighted by atomic mass is 9.97. The van der Waals surface area contributed by atoms with Crippen molar-refractivity contribution in [1.29, 1.82) is 0 Å². The summed E-state index contributed by atoms with van der Waals surface area (Å²) in [7, 11) is 1.95. The third-order valence-corrected chi connectivity index (χ3v) is 5.51. The fraction of sp³-hybridized carbons (Fsp3) is 0.364. The fourth-order valence-electron chi connectivity index (χ4n) is 3.90. The number of aromatic hydroxyl groups is 1. The fourth-order valence-corrected chi connectivity index (χ4v) is 3.90. The number of phenolic OH excluding ortho intramolecular Hbond substituents is 1. The number of carbonyl (C=O) groups is 1. The monoisotopic (exact) mass is 407 g/mol. The summed E-state index contributed by atoms with van der Waals surface area (Å²) < 4.78 is 5.21. The molecule has 1 aromatic carbocycles. The van der Waals surface area contributed by atoms with Crippen LogP contribution in [-0.4, -0.2) is 63.2 Å². The molecule has 0 aliphatic carbocycles. The topological polar surface area (TPSA) is 100 Å². The van der Waals surface area contributed by atoms with Gasteiger partial charge in [-0.2, -0.15) is 0 Å². The van der Waals surface area contributed by atoms with Crippen molar-refractivity contribution in [2.24, 2.45) is 0 Å². The molecule has 0 saturated carbocycles. The van der Waals surface area contributed by atoms with Crippen LogP contribution in [0.3, 0.4) is 0 Å². The molecule has 2 atom stereocenters. The molecule has 3 aromatic rings. The minimum Gasteiger partial charge on any atom is -0.507 e. The largest absolute Gasteiger partial charge is 0.507 e. The van der Waals surface area contributed by atoms with Crippen LogP contribution in [0.5, 0.6) is 5.75 Å². The molecule has 1 aliphatic rings. The first-order valence-electron chi connectivity index (χ1n) is 10.1. The lowest BCUT2D eigenvalue weighted by Gasteiger charge is -2.36. The summed E-state index contributed by atoms with van der Waals surface area (Å²) in [4.78, 5) is 26.8. The summed E-state index contributed by atoms with van der Waals surface area (Å²) in [6, 6.07) is 5.43. The van der Waals surface area contributed by atoms with Crippen molar-refractivity contribution < 1.29 is 14.6 Å². The van der Waals surface area contributed by atoms with E-state index < -0.39 is 0 Å². The van der Waals surface area contributed by atoms with Crippen LogP contribution in [0.1, 0.15) is 19.8 Å². The van der Waals surface area contributed by atoms with Gasteiger partial charge in [0, 0.05) is 41.5 Å². The number of ether oxygens (including phenoxy) is 1. The minimum absolute atomic E-state index is 0.114. The van der Waals surface area contributed by atoms with Gasteiger partial charge < -0.3 is 15.2 Å². The zero-order valence-corrected chi connectivity index (χ0v) is 17.1. The molecule has 156 valence electrons. The molecule has 30 heavy (non-hydrogen) atoms. The number of hydrogen-bond donors (Lipinski definition) is 2. The number of carbonyl (C=O) groups excluding carboxylic acids is 1. The summed E-state index contributed by atoms with van der Waals surface area (Å²) in [6.07, 6.45) is 8.09. The van der Waals surface area contributed by atoms with Gasteiger partial charge >= 0.3 is 5.97 Å². The Balaban J connectivity index is 1.57. The Morgan fingerprint density at radius 2 is 2.10 bits per heavy atom. The maximum Gasteiger partial charge on any atom is 0.323 e. The van der Waals surface area contributed by atoms with Crippen molar-refractivity contribution in [3.8, 4) is 16.9 Å². The number of anilines is 1. The molecule has 0 radical (unpaired) electrons. The molecular weight excluding hydrogens is 382 g/mol. The molecule has 4 rings (SSSR count). The number of nitrogens with zero attached hydrogens (tertiary/aromatic N) is 4. The standard InChI is InChI=1S/C22H25N5O3/c1-3-30-22(29)20-9-15(6-7-27(20)2)26-16-8-18-19(25-12-16)5-4-17(21(18)28)14-10-23-13-24-11-14/h4-5,8,10-13,15,20,26,28H,3,6-7,9H2,1-2H3/t15-,20-/m0/s1. The Labute approximate surface area is 174 Å². The van der Waals surface area contributed by atoms with Crippen LogP contribution in [0.15, 0.2) is 43.1 Å². The molecule has 0 bridgehead atoms. The number of phenols is 1. The lowest BCUT2D eigenvalue weighted by molar-refractivity contribution is -0.150. The van der Waals surface area contributed by atoms with Crippen LogP contribution in [0, 0.1) is 0 Å². The molecule has 1 saturated heterocycles. The van der Waals surface area contributed by atoms with Gasteiger partial charge in [-0.15, -0.1) is 0 Å². The van der Waals surface area contributed by atoms with Crippen LogP contribution in [0.4, 0.5) is 5.69 Å². The number of rotatable bonds is 5. The van der Waals surface area contributed by atoms with E-state index in [4.69, 9.17) is 4.74 Å². The second-order valence-corrected chi connectivity index (χ2v) is 7.49. The van der Waals surface area contributed by atoms with Crippen LogP contribution < -0.4 is 5.32 Å². The van der Waals surface area contributed by atoms with Crippen LogP contribution in [-0.2, 0) is 9.53 Å². The number of nitrogens with one attached hydrogen (secondary N) is 1. The zero-order valence-electron chi connectivity index (χ0n) is 17.1. The van der Waals surface area contributed by atoms with Crippen LogP contribution in [0.25, 0.3) is 22.0 Å². The van der Waals surface area contributed by atoms with Gasteiger partial charge in [0.2, 0.25) is 0 Å². The Kier molecular flexibility index (Phi) is 5.76. The van der Waals surface area contributed by atoms with Gasteiger partial charge in [-0.1, -0.05) is 0 Å². The normalized spacial score (nSPS) is 19.5. The van der Waals surface area contributed by atoms with Gasteiger partial charge in [-0.05, 0) is 45.0 Å². The molecule has 1 aliphatic heterocycles. The zero-order chi connectivity index (χ0) is 21.1. The summed E-state index contributed by atoms with van der Waals surface area (Å²) in [6.45, 7) is 3.00. The highest BCUT2D eigenvalue weighted by Gasteiger charge is 2.32. The summed E-state index contributed by atoms with van der Waals surface area (Å²) in [5.41, 5.74) is 2.90. The molecule has 2 N–H and O–H groups in total. The van der Waals surface area contributed by atoms with E-state index >= 15 is 0 Å². The van der Waals surface area contributed by atoms with Gasteiger partial charge in [-0.3, -0.25) is 14.7 Å². The van der Waals surface area contributed by atoms with Crippen molar-refractivity contribution in [1.82, 2.24) is 19.9 Å². The maximum atomic E-state index is 12.3. The minimum atomic E-state index is -0.261. The second-order valence-electron chi connectivity index (χ2n) is 7.49. The molecule has 3 heterocycles. The number of pyridine rings is 1. The van der Waals surface area contributed by atoms with Crippen molar-refractivity contribution in [2.45, 2.75) is 31.8 Å². The molecule has 8 nitrogen and oxygen atoms in total. The van der Waals surface area contributed by atoms with Gasteiger partial charge in [0.25, 0.3) is 0 Å². The Bertz CT molecular complexity index is 1040. The third-order valence-electron chi connectivity index (χ3n) is 5.51. The van der Waals surface area contributed by atoms with Crippen LogP contribution >= 0.6 is 0 Å². The number of benzene rings is 1. The number of piperidine rings is 1. The van der Waals surface area contributed by atoms with Crippen molar-refractivity contribution >= 4 is 22.6 Å². The van der Waals surface area contributed by atoms with Gasteiger partial charge in [0.15, 0.2) is 0 Å². The van der Waals surface area contributed by atoms with E-state index in [-0.39, 0.29) is 23.8 Å². The van der Waals surface area contributed by atoms with E-state index in [1.165, 1.54) is 6.33 Å². The SMILES string of the molecule is CCOC(=O)[C@@H]1C[C@@H](Nc2cnc3ccc(-c4cncnc4)c(O)c3c2)CCN1C. The van der Waals surface area contributed by atoms with Crippen LogP contribution in [0.2, 0.25) is 0 Å². The highest BCUT2D eigenvalue weighted by molar-refractivity contribution is 5.94. The molecule has 1 fully saturated rings. The van der Waals surface area contributed by atoms with E-state index in [2.05, 4.69) is 20.3 Å². The lowest BCUT2D eigenvalue weighted by Crippen LogP contribution is -2.49. The highest BCUT2D eigenvalue weighted by Crippen LogP contribution is 2.36. The summed E-state index contributed by atoms with van der Waals surface area (Å²) in [5, 5.41) is 15.0. The first-order valence-corrected chi connectivity index (χ1v) is 10.1. The molecule has 0 amide bonds. The number of fused-ring (bicyclic) bond motifs is 1. The molecule has 2 aromatic heterocycles. The van der Waals surface area contributed by atoms with E-state index in [1.54, 1.807) is 18.6 Å².